The molecule has 0 saturated heterocycles. The minimum Gasteiger partial charge on any atom is -0.491 e. The Hall–Kier alpha value is -3.72. The Bertz CT molecular complexity index is 1290. The van der Waals surface area contributed by atoms with E-state index in [1.165, 1.54) is 6.07 Å². The lowest BCUT2D eigenvalue weighted by Gasteiger charge is -2.07. The monoisotopic (exact) mass is 394 g/mol. The first kappa shape index (κ1) is 18.6. The van der Waals surface area contributed by atoms with Gasteiger partial charge in [0.1, 0.15) is 23.6 Å². The molecule has 29 heavy (non-hydrogen) atoms. The van der Waals surface area contributed by atoms with Crippen molar-refractivity contribution in [2.24, 2.45) is 0 Å². The van der Waals surface area contributed by atoms with Gasteiger partial charge in [0, 0.05) is 41.1 Å². The van der Waals surface area contributed by atoms with Crippen molar-refractivity contribution in [1.82, 2.24) is 15.2 Å². The number of benzene rings is 2. The minimum atomic E-state index is -0.430. The zero-order valence-electron chi connectivity index (χ0n) is 15.8. The van der Waals surface area contributed by atoms with Gasteiger partial charge in [-0.3, -0.25) is 14.9 Å². The van der Waals surface area contributed by atoms with E-state index in [0.717, 1.165) is 5.39 Å². The summed E-state index contributed by atoms with van der Waals surface area (Å²) in [4.78, 5) is 26.4. The summed E-state index contributed by atoms with van der Waals surface area (Å²) in [6, 6.07) is 10.2. The second-order valence-corrected chi connectivity index (χ2v) is 6.53. The maximum Gasteiger partial charge on any atom is 0.288 e. The van der Waals surface area contributed by atoms with Gasteiger partial charge in [-0.1, -0.05) is 12.1 Å². The molecule has 4 aromatic rings. The summed E-state index contributed by atoms with van der Waals surface area (Å²) >= 11 is 0. The second kappa shape index (κ2) is 7.36. The normalized spacial score (nSPS) is 11.2. The Morgan fingerprint density at radius 2 is 2.03 bits per heavy atom. The lowest BCUT2D eigenvalue weighted by molar-refractivity contribution is -0.385. The molecular formula is C20H18N4O5. The summed E-state index contributed by atoms with van der Waals surface area (Å²) in [5.41, 5.74) is 2.22. The van der Waals surface area contributed by atoms with E-state index in [4.69, 9.17) is 9.47 Å². The highest BCUT2D eigenvalue weighted by atomic mass is 16.6. The van der Waals surface area contributed by atoms with Crippen molar-refractivity contribution in [3.63, 3.8) is 0 Å². The third-order valence-electron chi connectivity index (χ3n) is 4.82. The molecular weight excluding hydrogens is 376 g/mol. The zero-order valence-corrected chi connectivity index (χ0v) is 15.8. The molecule has 0 saturated carbocycles. The number of aromatic amines is 2. The van der Waals surface area contributed by atoms with E-state index >= 15 is 0 Å². The lowest BCUT2D eigenvalue weighted by Crippen LogP contribution is -2.09. The number of hydrogen-bond acceptors (Lipinski definition) is 6. The molecule has 0 amide bonds. The zero-order chi connectivity index (χ0) is 20.5. The molecule has 0 aliphatic rings. The number of aromatic nitrogens is 3. The van der Waals surface area contributed by atoms with Gasteiger partial charge in [-0.05, 0) is 19.1 Å². The number of nitro groups is 1. The quantitative estimate of drug-likeness (QED) is 0.294. The summed E-state index contributed by atoms with van der Waals surface area (Å²) in [6.07, 6.45) is 0. The van der Waals surface area contributed by atoms with Crippen LogP contribution in [0.15, 0.2) is 41.2 Å². The molecule has 0 aliphatic heterocycles. The van der Waals surface area contributed by atoms with Gasteiger partial charge in [0.2, 0.25) is 0 Å². The molecule has 4 rings (SSSR count). The van der Waals surface area contributed by atoms with E-state index in [0.29, 0.717) is 52.2 Å². The summed E-state index contributed by atoms with van der Waals surface area (Å²) in [5, 5.41) is 19.4. The molecule has 0 unspecified atom stereocenters. The molecule has 0 aliphatic carbocycles. The summed E-state index contributed by atoms with van der Waals surface area (Å²) in [7, 11) is 1.60. The van der Waals surface area contributed by atoms with Gasteiger partial charge in [-0.15, -0.1) is 0 Å². The Morgan fingerprint density at radius 1 is 1.21 bits per heavy atom. The van der Waals surface area contributed by atoms with Crippen molar-refractivity contribution >= 4 is 27.5 Å². The molecule has 0 radical (unpaired) electrons. The van der Waals surface area contributed by atoms with Crippen LogP contribution < -0.4 is 10.3 Å². The predicted molar refractivity (Wildman–Crippen MR) is 108 cm³/mol. The molecule has 0 fully saturated rings. The van der Waals surface area contributed by atoms with Gasteiger partial charge in [0.05, 0.1) is 17.0 Å². The molecule has 0 bridgehead atoms. The van der Waals surface area contributed by atoms with Gasteiger partial charge < -0.3 is 14.5 Å². The molecule has 2 heterocycles. The first-order chi connectivity index (χ1) is 14.0. The van der Waals surface area contributed by atoms with Crippen LogP contribution in [0.3, 0.4) is 0 Å². The van der Waals surface area contributed by atoms with Gasteiger partial charge in [0.25, 0.3) is 11.2 Å². The van der Waals surface area contributed by atoms with Crippen LogP contribution >= 0.6 is 0 Å². The third kappa shape index (κ3) is 3.21. The summed E-state index contributed by atoms with van der Waals surface area (Å²) in [6.45, 7) is 2.54. The number of H-pyrrole nitrogens is 2. The highest BCUT2D eigenvalue weighted by Gasteiger charge is 2.20. The van der Waals surface area contributed by atoms with Crippen LogP contribution in [0.25, 0.3) is 33.1 Å². The van der Waals surface area contributed by atoms with E-state index in [2.05, 4.69) is 15.2 Å². The largest absolute Gasteiger partial charge is 0.491 e. The number of ether oxygens (including phenoxy) is 2. The van der Waals surface area contributed by atoms with Crippen molar-refractivity contribution in [3.05, 3.63) is 62.4 Å². The number of hydrogen-bond donors (Lipinski definition) is 2. The van der Waals surface area contributed by atoms with Crippen LogP contribution in [0.4, 0.5) is 5.69 Å². The maximum atomic E-state index is 12.4. The molecule has 2 N–H and O–H groups in total. The fraction of sp³-hybridized carbons (Fsp3) is 0.200. The van der Waals surface area contributed by atoms with Crippen molar-refractivity contribution in [2.45, 2.75) is 6.92 Å². The van der Waals surface area contributed by atoms with Gasteiger partial charge in [0.15, 0.2) is 0 Å². The molecule has 9 nitrogen and oxygen atoms in total. The number of fused-ring (bicyclic) bond motifs is 3. The SMILES string of the molecule is COCCOc1ccc2c(c1)[nH]c1c(=O)[nH]nc(-c3cccc([N+](=O)[O-])c3C)c12. The molecule has 148 valence electrons. The van der Waals surface area contributed by atoms with Gasteiger partial charge in [-0.2, -0.15) is 5.10 Å². The highest BCUT2D eigenvalue weighted by Crippen LogP contribution is 2.36. The number of nitrogens with zero attached hydrogens (tertiary/aromatic N) is 2. The van der Waals surface area contributed by atoms with Crippen LogP contribution in [0.1, 0.15) is 5.56 Å². The third-order valence-corrected chi connectivity index (χ3v) is 4.82. The molecule has 9 heteroatoms. The van der Waals surface area contributed by atoms with Crippen molar-refractivity contribution in [2.75, 3.05) is 20.3 Å². The molecule has 0 spiro atoms. The smallest absolute Gasteiger partial charge is 0.288 e. The van der Waals surface area contributed by atoms with E-state index < -0.39 is 4.92 Å². The predicted octanol–water partition coefficient (Wildman–Crippen LogP) is 3.31. The maximum absolute atomic E-state index is 12.4. The molecule has 0 atom stereocenters. The average Bonchev–Trinajstić information content (AvgIpc) is 3.09. The van der Waals surface area contributed by atoms with Crippen molar-refractivity contribution in [3.8, 4) is 17.0 Å². The fourth-order valence-electron chi connectivity index (χ4n) is 3.42. The first-order valence-corrected chi connectivity index (χ1v) is 8.91. The van der Waals surface area contributed by atoms with Crippen LogP contribution in [-0.4, -0.2) is 40.4 Å². The summed E-state index contributed by atoms with van der Waals surface area (Å²) in [5.74, 6) is 0.638. The van der Waals surface area contributed by atoms with Crippen LogP contribution in [0.5, 0.6) is 5.75 Å². The lowest BCUT2D eigenvalue weighted by atomic mass is 10.00. The Balaban J connectivity index is 1.94. The van der Waals surface area contributed by atoms with E-state index in [1.807, 2.05) is 6.07 Å². The highest BCUT2D eigenvalue weighted by molar-refractivity contribution is 6.13. The number of rotatable bonds is 6. The number of nitrogens with one attached hydrogen (secondary N) is 2. The van der Waals surface area contributed by atoms with E-state index in [-0.39, 0.29) is 11.2 Å². The Kier molecular flexibility index (Phi) is 4.73. The van der Waals surface area contributed by atoms with Crippen LogP contribution in [0.2, 0.25) is 0 Å². The van der Waals surface area contributed by atoms with E-state index in [1.54, 1.807) is 38.3 Å². The molecule has 2 aromatic heterocycles. The van der Waals surface area contributed by atoms with Crippen molar-refractivity contribution < 1.29 is 14.4 Å². The average molecular weight is 394 g/mol. The van der Waals surface area contributed by atoms with Gasteiger partial charge in [-0.25, -0.2) is 5.10 Å². The Labute approximate surface area is 164 Å². The second-order valence-electron chi connectivity index (χ2n) is 6.53. The first-order valence-electron chi connectivity index (χ1n) is 8.91. The number of nitro benzene ring substituents is 1. The van der Waals surface area contributed by atoms with Gasteiger partial charge >= 0.3 is 0 Å². The molecule has 2 aromatic carbocycles. The fourth-order valence-corrected chi connectivity index (χ4v) is 3.42. The number of methoxy groups -OCH3 is 1. The van der Waals surface area contributed by atoms with Crippen LogP contribution in [-0.2, 0) is 4.74 Å². The minimum absolute atomic E-state index is 0.00248. The standard InChI is InChI=1S/C20H18N4O5/c1-11-13(4-3-5-16(11)24(26)27)18-17-14-7-6-12(29-9-8-28-2)10-15(14)21-19(17)20(25)23-22-18/h3-7,10,21H,8-9H2,1-2H3,(H,23,25). The van der Waals surface area contributed by atoms with E-state index in [9.17, 15) is 14.9 Å². The van der Waals surface area contributed by atoms with Crippen LogP contribution in [0, 0.1) is 17.0 Å². The topological polar surface area (TPSA) is 123 Å². The summed E-state index contributed by atoms with van der Waals surface area (Å²) < 4.78 is 10.6. The van der Waals surface area contributed by atoms with Crippen molar-refractivity contribution in [1.29, 1.82) is 0 Å². The Morgan fingerprint density at radius 3 is 2.79 bits per heavy atom.